The highest BCUT2D eigenvalue weighted by atomic mass is 32.2. The summed E-state index contributed by atoms with van der Waals surface area (Å²) in [6.07, 6.45) is 2.68. The molecular weight excluding hydrogens is 334 g/mol. The van der Waals surface area contributed by atoms with Crippen molar-refractivity contribution in [2.75, 3.05) is 24.2 Å². The van der Waals surface area contributed by atoms with Crippen LogP contribution in [0.3, 0.4) is 0 Å². The van der Waals surface area contributed by atoms with Crippen LogP contribution in [0.4, 0.5) is 5.82 Å². The molecule has 7 nitrogen and oxygen atoms in total. The Kier molecular flexibility index (Phi) is 4.89. The summed E-state index contributed by atoms with van der Waals surface area (Å²) in [6.45, 7) is 2.56. The molecule has 1 aliphatic rings. The van der Waals surface area contributed by atoms with Gasteiger partial charge in [-0.3, -0.25) is 0 Å². The van der Waals surface area contributed by atoms with Crippen LogP contribution < -0.4 is 10.6 Å². The molecule has 2 aromatic heterocycles. The topological polar surface area (TPSA) is 91.4 Å². The van der Waals surface area contributed by atoms with Crippen LogP contribution in [0.2, 0.25) is 0 Å². The number of hydrogen-bond donors (Lipinski definition) is 3. The van der Waals surface area contributed by atoms with Crippen molar-refractivity contribution in [1.82, 2.24) is 30.7 Å². The number of aromatic amines is 1. The van der Waals surface area contributed by atoms with Crippen LogP contribution in [0.25, 0.3) is 11.4 Å². The number of H-pyrrole nitrogens is 1. The molecule has 0 aliphatic carbocycles. The zero-order chi connectivity index (χ0) is 16.9. The number of aromatic nitrogens is 5. The largest absolute Gasteiger partial charge is 0.369 e. The molecule has 0 amide bonds. The zero-order valence-corrected chi connectivity index (χ0v) is 14.5. The lowest BCUT2D eigenvalue weighted by molar-refractivity contribution is 0.625. The Hall–Kier alpha value is -2.45. The lowest BCUT2D eigenvalue weighted by Gasteiger charge is -2.20. The van der Waals surface area contributed by atoms with Gasteiger partial charge in [0.1, 0.15) is 10.8 Å². The Labute approximate surface area is 150 Å². The molecule has 25 heavy (non-hydrogen) atoms. The molecule has 0 saturated carbocycles. The van der Waals surface area contributed by atoms with E-state index in [4.69, 9.17) is 9.97 Å². The fraction of sp³-hybridized carbons (Fsp3) is 0.294. The van der Waals surface area contributed by atoms with Crippen molar-refractivity contribution in [3.63, 3.8) is 0 Å². The molecule has 0 unspecified atom stereocenters. The van der Waals surface area contributed by atoms with E-state index in [1.807, 2.05) is 30.3 Å². The van der Waals surface area contributed by atoms with Gasteiger partial charge in [0.05, 0.1) is 11.9 Å². The lowest BCUT2D eigenvalue weighted by Crippen LogP contribution is -2.27. The van der Waals surface area contributed by atoms with Crippen molar-refractivity contribution in [1.29, 1.82) is 0 Å². The van der Waals surface area contributed by atoms with E-state index in [1.165, 1.54) is 5.56 Å². The van der Waals surface area contributed by atoms with Crippen LogP contribution in [0.1, 0.15) is 11.3 Å². The number of nitrogens with zero attached hydrogens (tertiary/aromatic N) is 4. The molecule has 0 saturated heterocycles. The third-order valence-corrected chi connectivity index (χ3v) is 4.91. The molecule has 0 spiro atoms. The van der Waals surface area contributed by atoms with E-state index < -0.39 is 0 Å². The van der Waals surface area contributed by atoms with Gasteiger partial charge in [0.15, 0.2) is 5.82 Å². The molecule has 1 aliphatic heterocycles. The maximum atomic E-state index is 4.80. The second-order valence-electron chi connectivity index (χ2n) is 5.70. The number of anilines is 1. The molecule has 3 aromatic rings. The molecule has 4 rings (SSSR count). The second kappa shape index (κ2) is 7.62. The number of rotatable bonds is 6. The second-order valence-corrected chi connectivity index (χ2v) is 6.81. The van der Waals surface area contributed by atoms with E-state index in [2.05, 4.69) is 26.0 Å². The minimum Gasteiger partial charge on any atom is -0.369 e. The first kappa shape index (κ1) is 16.0. The molecule has 3 N–H and O–H groups in total. The first-order chi connectivity index (χ1) is 12.4. The molecule has 0 fully saturated rings. The summed E-state index contributed by atoms with van der Waals surface area (Å²) < 4.78 is 0. The molecule has 0 bridgehead atoms. The zero-order valence-electron chi connectivity index (χ0n) is 13.7. The predicted molar refractivity (Wildman–Crippen MR) is 98.5 cm³/mol. The predicted octanol–water partition coefficient (Wildman–Crippen LogP) is 2.11. The highest BCUT2D eigenvalue weighted by Crippen LogP contribution is 2.25. The molecule has 8 heteroatoms. The number of nitrogens with one attached hydrogen (secondary N) is 3. The summed E-state index contributed by atoms with van der Waals surface area (Å²) in [5, 5.41) is 18.3. The van der Waals surface area contributed by atoms with Gasteiger partial charge in [0.25, 0.3) is 0 Å². The molecule has 0 atom stereocenters. The van der Waals surface area contributed by atoms with Crippen molar-refractivity contribution >= 4 is 17.6 Å². The lowest BCUT2D eigenvalue weighted by atomic mass is 10.1. The average Bonchev–Trinajstić information content (AvgIpc) is 3.19. The Balaban J connectivity index is 1.52. The summed E-state index contributed by atoms with van der Waals surface area (Å²) >= 11 is 1.66. The third-order valence-electron chi connectivity index (χ3n) is 4.01. The van der Waals surface area contributed by atoms with Gasteiger partial charge in [-0.2, -0.15) is 10.3 Å². The molecular formula is C17H19N7S. The van der Waals surface area contributed by atoms with Gasteiger partial charge in [-0.25, -0.2) is 9.97 Å². The van der Waals surface area contributed by atoms with E-state index in [-0.39, 0.29) is 0 Å². The third kappa shape index (κ3) is 3.80. The SMILES string of the molecule is c1ccc(-c2nc3c(c(NCCSc4cn[nH]n4)n2)CCNC3)cc1. The summed E-state index contributed by atoms with van der Waals surface area (Å²) in [5.41, 5.74) is 3.35. The minimum atomic E-state index is 0.773. The van der Waals surface area contributed by atoms with Crippen LogP contribution in [-0.2, 0) is 13.0 Å². The fourth-order valence-corrected chi connectivity index (χ4v) is 3.45. The number of fused-ring (bicyclic) bond motifs is 1. The molecule has 3 heterocycles. The van der Waals surface area contributed by atoms with Gasteiger partial charge in [-0.15, -0.1) is 16.9 Å². The number of thioether (sulfide) groups is 1. The Morgan fingerprint density at radius 3 is 2.92 bits per heavy atom. The highest BCUT2D eigenvalue weighted by molar-refractivity contribution is 7.99. The van der Waals surface area contributed by atoms with Gasteiger partial charge < -0.3 is 10.6 Å². The van der Waals surface area contributed by atoms with E-state index in [0.717, 1.165) is 59.7 Å². The Morgan fingerprint density at radius 2 is 2.08 bits per heavy atom. The Bertz CT molecular complexity index is 821. The van der Waals surface area contributed by atoms with Gasteiger partial charge >= 0.3 is 0 Å². The first-order valence-corrected chi connectivity index (χ1v) is 9.27. The Morgan fingerprint density at radius 1 is 1.16 bits per heavy atom. The highest BCUT2D eigenvalue weighted by Gasteiger charge is 2.18. The molecule has 1 aromatic carbocycles. The van der Waals surface area contributed by atoms with E-state index in [9.17, 15) is 0 Å². The van der Waals surface area contributed by atoms with Gasteiger partial charge in [-0.1, -0.05) is 30.3 Å². The van der Waals surface area contributed by atoms with E-state index >= 15 is 0 Å². The smallest absolute Gasteiger partial charge is 0.161 e. The van der Waals surface area contributed by atoms with E-state index in [1.54, 1.807) is 18.0 Å². The fourth-order valence-electron chi connectivity index (χ4n) is 2.81. The minimum absolute atomic E-state index is 0.773. The monoisotopic (exact) mass is 353 g/mol. The molecule has 128 valence electrons. The summed E-state index contributed by atoms with van der Waals surface area (Å²) in [5.74, 6) is 2.62. The first-order valence-electron chi connectivity index (χ1n) is 8.28. The van der Waals surface area contributed by atoms with Crippen LogP contribution in [-0.4, -0.2) is 44.2 Å². The number of benzene rings is 1. The quantitative estimate of drug-likeness (QED) is 0.462. The van der Waals surface area contributed by atoms with Crippen molar-refractivity contribution in [3.05, 3.63) is 47.8 Å². The van der Waals surface area contributed by atoms with Gasteiger partial charge in [-0.05, 0) is 13.0 Å². The van der Waals surface area contributed by atoms with Crippen molar-refractivity contribution in [2.24, 2.45) is 0 Å². The van der Waals surface area contributed by atoms with Crippen LogP contribution in [0.5, 0.6) is 0 Å². The normalized spacial score (nSPS) is 13.4. The van der Waals surface area contributed by atoms with Crippen LogP contribution >= 0.6 is 11.8 Å². The van der Waals surface area contributed by atoms with Crippen molar-refractivity contribution < 1.29 is 0 Å². The summed E-state index contributed by atoms with van der Waals surface area (Å²) in [6, 6.07) is 10.1. The standard InChI is InChI=1S/C17H19N7S/c1-2-4-12(5-3-1)16-21-14-10-18-7-6-13(14)17(22-16)19-8-9-25-15-11-20-24-23-15/h1-5,11,18H,6-10H2,(H,19,21,22)(H,20,23,24). The van der Waals surface area contributed by atoms with Crippen molar-refractivity contribution in [2.45, 2.75) is 18.0 Å². The van der Waals surface area contributed by atoms with Crippen LogP contribution in [0, 0.1) is 0 Å². The van der Waals surface area contributed by atoms with Gasteiger partial charge in [0.2, 0.25) is 0 Å². The number of hydrogen-bond acceptors (Lipinski definition) is 7. The van der Waals surface area contributed by atoms with Crippen molar-refractivity contribution in [3.8, 4) is 11.4 Å². The maximum absolute atomic E-state index is 4.80. The van der Waals surface area contributed by atoms with Crippen LogP contribution in [0.15, 0.2) is 41.6 Å². The maximum Gasteiger partial charge on any atom is 0.161 e. The summed E-state index contributed by atoms with van der Waals surface area (Å²) in [4.78, 5) is 9.57. The summed E-state index contributed by atoms with van der Waals surface area (Å²) in [7, 11) is 0. The van der Waals surface area contributed by atoms with Gasteiger partial charge in [0, 0.05) is 30.0 Å². The molecule has 0 radical (unpaired) electrons. The van der Waals surface area contributed by atoms with E-state index in [0.29, 0.717) is 0 Å². The average molecular weight is 353 g/mol.